The number of nitrogens with one attached hydrogen (secondary N) is 1. The second kappa shape index (κ2) is 5.12. The van der Waals surface area contributed by atoms with Gasteiger partial charge in [0.1, 0.15) is 0 Å². The number of hydrogen-bond donors (Lipinski definition) is 1. The van der Waals surface area contributed by atoms with Gasteiger partial charge in [0.25, 0.3) is 5.56 Å². The van der Waals surface area contributed by atoms with Crippen molar-refractivity contribution in [3.63, 3.8) is 0 Å². The van der Waals surface area contributed by atoms with Gasteiger partial charge in [-0.25, -0.2) is 4.98 Å². The number of anilines is 1. The van der Waals surface area contributed by atoms with Gasteiger partial charge in [0, 0.05) is 32.6 Å². The predicted octanol–water partition coefficient (Wildman–Crippen LogP) is 0.619. The lowest BCUT2D eigenvalue weighted by molar-refractivity contribution is 0.134. The van der Waals surface area contributed by atoms with Crippen LogP contribution < -0.4 is 10.9 Å². The Kier molecular flexibility index (Phi) is 3.56. The van der Waals surface area contributed by atoms with Crippen LogP contribution in [0.25, 0.3) is 0 Å². The summed E-state index contributed by atoms with van der Waals surface area (Å²) < 4.78 is 6.95. The van der Waals surface area contributed by atoms with E-state index in [0.29, 0.717) is 19.0 Å². The van der Waals surface area contributed by atoms with E-state index in [1.54, 1.807) is 19.4 Å². The lowest BCUT2D eigenvalue weighted by atomic mass is 10.5. The highest BCUT2D eigenvalue weighted by atomic mass is 16.5. The highest BCUT2D eigenvalue weighted by molar-refractivity contribution is 5.30. The fourth-order valence-electron chi connectivity index (χ4n) is 1.40. The Morgan fingerprint density at radius 1 is 1.62 bits per heavy atom. The number of hydrogen-bond acceptors (Lipinski definition) is 4. The fraction of sp³-hybridized carbons (Fsp3) is 0.636. The van der Waals surface area contributed by atoms with Crippen molar-refractivity contribution in [1.82, 2.24) is 9.55 Å². The number of aryl methyl sites for hydroxylation is 1. The summed E-state index contributed by atoms with van der Waals surface area (Å²) in [5.74, 6) is 1.17. The van der Waals surface area contributed by atoms with E-state index < -0.39 is 0 Å². The zero-order valence-electron chi connectivity index (χ0n) is 9.48. The van der Waals surface area contributed by atoms with E-state index in [9.17, 15) is 4.79 Å². The van der Waals surface area contributed by atoms with Gasteiger partial charge in [-0.1, -0.05) is 0 Å². The lowest BCUT2D eigenvalue weighted by Crippen LogP contribution is -2.23. The molecule has 1 aromatic heterocycles. The van der Waals surface area contributed by atoms with Gasteiger partial charge in [-0.05, 0) is 18.8 Å². The first kappa shape index (κ1) is 11.1. The summed E-state index contributed by atoms with van der Waals surface area (Å²) in [6.07, 6.45) is 5.84. The first-order valence-corrected chi connectivity index (χ1v) is 5.60. The van der Waals surface area contributed by atoms with E-state index in [-0.39, 0.29) is 5.56 Å². The van der Waals surface area contributed by atoms with Crippen LogP contribution in [0, 0.1) is 5.92 Å². The van der Waals surface area contributed by atoms with E-state index in [4.69, 9.17) is 4.74 Å². The van der Waals surface area contributed by atoms with Crippen LogP contribution in [0.2, 0.25) is 0 Å². The molecule has 5 heteroatoms. The maximum Gasteiger partial charge on any atom is 0.293 e. The van der Waals surface area contributed by atoms with E-state index in [0.717, 1.165) is 12.5 Å². The van der Waals surface area contributed by atoms with Crippen molar-refractivity contribution in [3.05, 3.63) is 22.7 Å². The molecule has 1 heterocycles. The van der Waals surface area contributed by atoms with E-state index in [1.165, 1.54) is 17.4 Å². The maximum absolute atomic E-state index is 11.5. The van der Waals surface area contributed by atoms with Gasteiger partial charge in [0.15, 0.2) is 5.82 Å². The molecule has 0 spiro atoms. The monoisotopic (exact) mass is 223 g/mol. The summed E-state index contributed by atoms with van der Waals surface area (Å²) in [5.41, 5.74) is -0.107. The van der Waals surface area contributed by atoms with Gasteiger partial charge in [-0.15, -0.1) is 0 Å². The molecule has 1 aliphatic carbocycles. The van der Waals surface area contributed by atoms with Gasteiger partial charge >= 0.3 is 0 Å². The summed E-state index contributed by atoms with van der Waals surface area (Å²) in [7, 11) is 1.71. The van der Waals surface area contributed by atoms with Crippen molar-refractivity contribution in [2.75, 3.05) is 25.1 Å². The molecule has 1 N–H and O–H groups in total. The van der Waals surface area contributed by atoms with Crippen LogP contribution in [-0.4, -0.2) is 29.3 Å². The standard InChI is InChI=1S/C11H17N3O2/c1-14-6-4-12-10(11(14)15)13-5-7-16-8-9-2-3-9/h4,6,9H,2-3,5,7-8H2,1H3,(H,12,13). The van der Waals surface area contributed by atoms with Gasteiger partial charge in [-0.3, -0.25) is 4.79 Å². The molecule has 88 valence electrons. The summed E-state index contributed by atoms with van der Waals surface area (Å²) in [5, 5.41) is 2.98. The Balaban J connectivity index is 1.71. The highest BCUT2D eigenvalue weighted by Crippen LogP contribution is 2.28. The molecule has 2 rings (SSSR count). The molecule has 0 amide bonds. The van der Waals surface area contributed by atoms with Gasteiger partial charge < -0.3 is 14.6 Å². The smallest absolute Gasteiger partial charge is 0.293 e. The summed E-state index contributed by atoms with van der Waals surface area (Å²) >= 11 is 0. The topological polar surface area (TPSA) is 56.1 Å². The van der Waals surface area contributed by atoms with E-state index >= 15 is 0 Å². The molecule has 16 heavy (non-hydrogen) atoms. The lowest BCUT2D eigenvalue weighted by Gasteiger charge is -2.06. The molecule has 5 nitrogen and oxygen atoms in total. The van der Waals surface area contributed by atoms with Crippen molar-refractivity contribution in [2.24, 2.45) is 13.0 Å². The minimum Gasteiger partial charge on any atom is -0.379 e. The van der Waals surface area contributed by atoms with Gasteiger partial charge in [0.05, 0.1) is 6.61 Å². The molecule has 0 bridgehead atoms. The number of aromatic nitrogens is 2. The maximum atomic E-state index is 11.5. The molecule has 1 saturated carbocycles. The minimum atomic E-state index is -0.107. The average Bonchev–Trinajstić information content (AvgIpc) is 3.07. The Morgan fingerprint density at radius 3 is 3.19 bits per heavy atom. The third kappa shape index (κ3) is 3.06. The molecular weight excluding hydrogens is 206 g/mol. The Labute approximate surface area is 94.5 Å². The molecule has 0 atom stereocenters. The largest absolute Gasteiger partial charge is 0.379 e. The molecule has 1 aliphatic rings. The minimum absolute atomic E-state index is 0.107. The summed E-state index contributed by atoms with van der Waals surface area (Å²) in [4.78, 5) is 15.5. The SMILES string of the molecule is Cn1ccnc(NCCOCC2CC2)c1=O. The highest BCUT2D eigenvalue weighted by Gasteiger charge is 2.20. The molecule has 0 saturated heterocycles. The zero-order valence-corrected chi connectivity index (χ0v) is 9.48. The summed E-state index contributed by atoms with van der Waals surface area (Å²) in [6, 6.07) is 0. The molecule has 0 aromatic carbocycles. The average molecular weight is 223 g/mol. The van der Waals surface area contributed by atoms with E-state index in [1.807, 2.05) is 0 Å². The van der Waals surface area contributed by atoms with Crippen LogP contribution in [0.3, 0.4) is 0 Å². The number of nitrogens with zero attached hydrogens (tertiary/aromatic N) is 2. The van der Waals surface area contributed by atoms with Crippen LogP contribution in [0.1, 0.15) is 12.8 Å². The summed E-state index contributed by atoms with van der Waals surface area (Å²) in [6.45, 7) is 2.09. The quantitative estimate of drug-likeness (QED) is 0.718. The fourth-order valence-corrected chi connectivity index (χ4v) is 1.40. The molecule has 1 fully saturated rings. The third-order valence-electron chi connectivity index (χ3n) is 2.61. The normalized spacial score (nSPS) is 15.1. The van der Waals surface area contributed by atoms with Crippen LogP contribution in [0.4, 0.5) is 5.82 Å². The van der Waals surface area contributed by atoms with Gasteiger partial charge in [0.2, 0.25) is 0 Å². The third-order valence-corrected chi connectivity index (χ3v) is 2.61. The first-order chi connectivity index (χ1) is 7.77. The van der Waals surface area contributed by atoms with Crippen LogP contribution in [-0.2, 0) is 11.8 Å². The van der Waals surface area contributed by atoms with Crippen LogP contribution >= 0.6 is 0 Å². The molecule has 0 radical (unpaired) electrons. The molecule has 1 aromatic rings. The van der Waals surface area contributed by atoms with E-state index in [2.05, 4.69) is 10.3 Å². The molecule has 0 unspecified atom stereocenters. The Hall–Kier alpha value is -1.36. The number of ether oxygens (including phenoxy) is 1. The second-order valence-corrected chi connectivity index (χ2v) is 4.14. The van der Waals surface area contributed by atoms with Gasteiger partial charge in [-0.2, -0.15) is 0 Å². The Morgan fingerprint density at radius 2 is 2.44 bits per heavy atom. The Bertz CT molecular complexity index is 398. The van der Waals surface area contributed by atoms with Crippen LogP contribution in [0.5, 0.6) is 0 Å². The van der Waals surface area contributed by atoms with Crippen molar-refractivity contribution in [1.29, 1.82) is 0 Å². The first-order valence-electron chi connectivity index (χ1n) is 5.60. The van der Waals surface area contributed by atoms with Crippen molar-refractivity contribution in [3.8, 4) is 0 Å². The van der Waals surface area contributed by atoms with Crippen LogP contribution in [0.15, 0.2) is 17.2 Å². The van der Waals surface area contributed by atoms with Crippen molar-refractivity contribution < 1.29 is 4.74 Å². The molecule has 0 aliphatic heterocycles. The molecular formula is C11H17N3O2. The van der Waals surface area contributed by atoms with Crippen molar-refractivity contribution >= 4 is 5.82 Å². The zero-order chi connectivity index (χ0) is 11.4. The second-order valence-electron chi connectivity index (χ2n) is 4.14. The predicted molar refractivity (Wildman–Crippen MR) is 61.5 cm³/mol. The number of rotatable bonds is 6. The van der Waals surface area contributed by atoms with Crippen molar-refractivity contribution in [2.45, 2.75) is 12.8 Å².